The zero-order chi connectivity index (χ0) is 19.6. The molecule has 1 rings (SSSR count). The Morgan fingerprint density at radius 1 is 0.885 bits per heavy atom. The van der Waals surface area contributed by atoms with Gasteiger partial charge in [0.05, 0.1) is 11.5 Å². The summed E-state index contributed by atoms with van der Waals surface area (Å²) in [6.07, 6.45) is 2.76. The summed E-state index contributed by atoms with van der Waals surface area (Å²) in [6.45, 7) is 6.51. The highest BCUT2D eigenvalue weighted by Gasteiger charge is 2.12. The number of sulfonamides is 2. The summed E-state index contributed by atoms with van der Waals surface area (Å²) in [5.41, 5.74) is 2.22. The molecule has 0 amide bonds. The summed E-state index contributed by atoms with van der Waals surface area (Å²) in [5, 5.41) is 0. The predicted octanol–water partition coefficient (Wildman–Crippen LogP) is 2.38. The van der Waals surface area contributed by atoms with E-state index in [2.05, 4.69) is 9.44 Å². The molecule has 0 fully saturated rings. The van der Waals surface area contributed by atoms with E-state index in [1.54, 1.807) is 0 Å². The minimum Gasteiger partial charge on any atom is -0.215 e. The van der Waals surface area contributed by atoms with Crippen LogP contribution in [0.2, 0.25) is 0 Å². The molecule has 0 aliphatic carbocycles. The maximum Gasteiger partial charge on any atom is 0.211 e. The Bertz CT molecular complexity index is 729. The fraction of sp³-hybridized carbons (Fsp3) is 0.667. The summed E-state index contributed by atoms with van der Waals surface area (Å²) in [7, 11) is -6.31. The first-order valence-electron chi connectivity index (χ1n) is 9.22. The van der Waals surface area contributed by atoms with Gasteiger partial charge in [-0.25, -0.2) is 26.3 Å². The van der Waals surface area contributed by atoms with Gasteiger partial charge in [-0.3, -0.25) is 0 Å². The van der Waals surface area contributed by atoms with Crippen molar-refractivity contribution in [2.24, 2.45) is 0 Å². The van der Waals surface area contributed by atoms with Crippen LogP contribution in [0.25, 0.3) is 0 Å². The Hall–Kier alpha value is -0.960. The summed E-state index contributed by atoms with van der Waals surface area (Å²) in [4.78, 5) is 0. The molecule has 0 bridgehead atoms. The van der Waals surface area contributed by atoms with Crippen LogP contribution in [0.1, 0.15) is 57.1 Å². The van der Waals surface area contributed by atoms with Crippen molar-refractivity contribution in [1.29, 1.82) is 0 Å². The summed E-state index contributed by atoms with van der Waals surface area (Å²) in [6, 6.07) is 8.06. The van der Waals surface area contributed by atoms with Crippen LogP contribution in [0.4, 0.5) is 0 Å². The Kier molecular flexibility index (Phi) is 9.78. The number of aryl methyl sites for hydroxylation is 1. The van der Waals surface area contributed by atoms with Crippen LogP contribution >= 0.6 is 0 Å². The molecule has 0 radical (unpaired) electrons. The zero-order valence-corrected chi connectivity index (χ0v) is 17.6. The van der Waals surface area contributed by atoms with Gasteiger partial charge in [0.15, 0.2) is 0 Å². The van der Waals surface area contributed by atoms with Crippen molar-refractivity contribution in [3.8, 4) is 0 Å². The lowest BCUT2D eigenvalue weighted by Gasteiger charge is -2.14. The van der Waals surface area contributed by atoms with Crippen molar-refractivity contribution in [2.45, 2.75) is 52.4 Å². The van der Waals surface area contributed by atoms with Gasteiger partial charge >= 0.3 is 0 Å². The number of benzene rings is 1. The van der Waals surface area contributed by atoms with E-state index in [0.29, 0.717) is 25.9 Å². The molecule has 1 aromatic carbocycles. The van der Waals surface area contributed by atoms with Crippen LogP contribution in [-0.4, -0.2) is 41.4 Å². The van der Waals surface area contributed by atoms with Crippen LogP contribution in [0.5, 0.6) is 0 Å². The molecule has 0 saturated carbocycles. The lowest BCUT2D eigenvalue weighted by molar-refractivity contribution is 0.573. The third kappa shape index (κ3) is 9.12. The third-order valence-corrected chi connectivity index (χ3v) is 7.21. The number of hydrogen-bond acceptors (Lipinski definition) is 4. The van der Waals surface area contributed by atoms with E-state index >= 15 is 0 Å². The first kappa shape index (κ1) is 23.1. The lowest BCUT2D eigenvalue weighted by Crippen LogP contribution is -2.29. The molecule has 1 unspecified atom stereocenters. The second-order valence-corrected chi connectivity index (χ2v) is 10.5. The molecule has 26 heavy (non-hydrogen) atoms. The normalized spacial score (nSPS) is 13.7. The van der Waals surface area contributed by atoms with E-state index in [1.807, 2.05) is 45.0 Å². The maximum absolute atomic E-state index is 11.7. The minimum absolute atomic E-state index is 0.0940. The molecule has 0 heterocycles. The SMILES string of the molecule is CCCS(=O)(=O)NCCCc1ccc(C(C)CNS(=O)(=O)CCC)cc1. The fourth-order valence-corrected chi connectivity index (χ4v) is 4.91. The smallest absolute Gasteiger partial charge is 0.211 e. The summed E-state index contributed by atoms with van der Waals surface area (Å²) < 4.78 is 51.8. The molecule has 0 saturated heterocycles. The second kappa shape index (κ2) is 11.0. The molecule has 8 heteroatoms. The van der Waals surface area contributed by atoms with E-state index in [-0.39, 0.29) is 17.4 Å². The van der Waals surface area contributed by atoms with Gasteiger partial charge < -0.3 is 0 Å². The van der Waals surface area contributed by atoms with Crippen molar-refractivity contribution in [2.75, 3.05) is 24.6 Å². The van der Waals surface area contributed by atoms with E-state index in [0.717, 1.165) is 24.0 Å². The number of hydrogen-bond donors (Lipinski definition) is 2. The number of rotatable bonds is 13. The van der Waals surface area contributed by atoms with Crippen molar-refractivity contribution >= 4 is 20.0 Å². The fourth-order valence-electron chi connectivity index (χ4n) is 2.58. The molecule has 6 nitrogen and oxygen atoms in total. The highest BCUT2D eigenvalue weighted by atomic mass is 32.2. The molecule has 150 valence electrons. The standard InChI is InChI=1S/C18H32N2O4S2/c1-4-13-25(21,22)19-12-6-7-17-8-10-18(11-9-17)16(3)15-20-26(23,24)14-5-2/h8-11,16,19-20H,4-7,12-15H2,1-3H3. The zero-order valence-electron chi connectivity index (χ0n) is 16.0. The van der Waals surface area contributed by atoms with Crippen LogP contribution in [0.3, 0.4) is 0 Å². The van der Waals surface area contributed by atoms with Crippen LogP contribution in [0.15, 0.2) is 24.3 Å². The molecule has 1 atom stereocenters. The van der Waals surface area contributed by atoms with Crippen LogP contribution in [0, 0.1) is 0 Å². The van der Waals surface area contributed by atoms with Crippen molar-refractivity contribution < 1.29 is 16.8 Å². The van der Waals surface area contributed by atoms with E-state index in [1.165, 1.54) is 0 Å². The van der Waals surface area contributed by atoms with Crippen molar-refractivity contribution in [3.05, 3.63) is 35.4 Å². The highest BCUT2D eigenvalue weighted by molar-refractivity contribution is 7.89. The van der Waals surface area contributed by atoms with Gasteiger partial charge in [0, 0.05) is 13.1 Å². The van der Waals surface area contributed by atoms with Gasteiger partial charge in [-0.15, -0.1) is 0 Å². The van der Waals surface area contributed by atoms with E-state index in [4.69, 9.17) is 0 Å². The third-order valence-electron chi connectivity index (χ3n) is 4.07. The minimum atomic E-state index is -3.18. The predicted molar refractivity (Wildman–Crippen MR) is 107 cm³/mol. The van der Waals surface area contributed by atoms with Crippen LogP contribution in [-0.2, 0) is 26.5 Å². The van der Waals surface area contributed by atoms with Gasteiger partial charge in [0.1, 0.15) is 0 Å². The average molecular weight is 405 g/mol. The van der Waals surface area contributed by atoms with Gasteiger partial charge in [0.25, 0.3) is 0 Å². The average Bonchev–Trinajstić information content (AvgIpc) is 2.57. The van der Waals surface area contributed by atoms with Crippen LogP contribution < -0.4 is 9.44 Å². The van der Waals surface area contributed by atoms with E-state index < -0.39 is 20.0 Å². The van der Waals surface area contributed by atoms with Gasteiger partial charge in [0.2, 0.25) is 20.0 Å². The van der Waals surface area contributed by atoms with Crippen molar-refractivity contribution in [1.82, 2.24) is 9.44 Å². The Labute approximate surface area is 158 Å². The topological polar surface area (TPSA) is 92.3 Å². The van der Waals surface area contributed by atoms with Gasteiger partial charge in [-0.2, -0.15) is 0 Å². The van der Waals surface area contributed by atoms with Gasteiger partial charge in [-0.05, 0) is 42.7 Å². The number of nitrogens with one attached hydrogen (secondary N) is 2. The Balaban J connectivity index is 2.43. The summed E-state index contributed by atoms with van der Waals surface area (Å²) in [5.74, 6) is 0.416. The maximum atomic E-state index is 11.7. The first-order chi connectivity index (χ1) is 12.2. The molecule has 0 aliphatic rings. The molecule has 0 aliphatic heterocycles. The largest absolute Gasteiger partial charge is 0.215 e. The molecular formula is C18H32N2O4S2. The highest BCUT2D eigenvalue weighted by Crippen LogP contribution is 2.16. The molecule has 2 N–H and O–H groups in total. The molecule has 1 aromatic rings. The molecular weight excluding hydrogens is 372 g/mol. The lowest BCUT2D eigenvalue weighted by atomic mass is 9.99. The summed E-state index contributed by atoms with van der Waals surface area (Å²) >= 11 is 0. The Morgan fingerprint density at radius 2 is 1.42 bits per heavy atom. The molecule has 0 spiro atoms. The van der Waals surface area contributed by atoms with E-state index in [9.17, 15) is 16.8 Å². The molecule has 0 aromatic heterocycles. The van der Waals surface area contributed by atoms with Crippen molar-refractivity contribution in [3.63, 3.8) is 0 Å². The first-order valence-corrected chi connectivity index (χ1v) is 12.5. The monoisotopic (exact) mass is 404 g/mol. The second-order valence-electron chi connectivity index (χ2n) is 6.63. The Morgan fingerprint density at radius 3 is 1.96 bits per heavy atom. The quantitative estimate of drug-likeness (QED) is 0.494. The van der Waals surface area contributed by atoms with Gasteiger partial charge in [-0.1, -0.05) is 45.0 Å².